The van der Waals surface area contributed by atoms with Gasteiger partial charge in [-0.25, -0.2) is 0 Å². The molecule has 4 heteroatoms. The lowest BCUT2D eigenvalue weighted by Crippen LogP contribution is -2.49. The third-order valence-electron chi connectivity index (χ3n) is 4.14. The highest BCUT2D eigenvalue weighted by Gasteiger charge is 2.40. The number of carbonyl (C=O) groups is 1. The van der Waals surface area contributed by atoms with E-state index in [1.54, 1.807) is 4.90 Å². The summed E-state index contributed by atoms with van der Waals surface area (Å²) in [4.78, 5) is 14.5. The summed E-state index contributed by atoms with van der Waals surface area (Å²) in [6, 6.07) is 8.25. The average Bonchev–Trinajstić information content (AvgIpc) is 2.47. The van der Waals surface area contributed by atoms with E-state index in [1.165, 1.54) is 5.56 Å². The van der Waals surface area contributed by atoms with Gasteiger partial charge in [0.05, 0.1) is 5.41 Å². The van der Waals surface area contributed by atoms with Crippen molar-refractivity contribution in [3.8, 4) is 0 Å². The SMILES string of the molecule is Cc1cccc(CN(C)C(=O)C2(CN)CCOCC2)c1. The number of aryl methyl sites for hydroxylation is 1. The molecule has 1 aromatic rings. The highest BCUT2D eigenvalue weighted by atomic mass is 16.5. The van der Waals surface area contributed by atoms with E-state index in [0.717, 1.165) is 18.4 Å². The summed E-state index contributed by atoms with van der Waals surface area (Å²) < 4.78 is 5.36. The zero-order valence-corrected chi connectivity index (χ0v) is 12.4. The summed E-state index contributed by atoms with van der Waals surface area (Å²) >= 11 is 0. The van der Waals surface area contributed by atoms with E-state index in [4.69, 9.17) is 10.5 Å². The number of rotatable bonds is 4. The number of nitrogens with zero attached hydrogens (tertiary/aromatic N) is 1. The minimum absolute atomic E-state index is 0.143. The van der Waals surface area contributed by atoms with E-state index in [2.05, 4.69) is 25.1 Å². The average molecular weight is 276 g/mol. The van der Waals surface area contributed by atoms with Gasteiger partial charge in [-0.2, -0.15) is 0 Å². The van der Waals surface area contributed by atoms with Crippen molar-refractivity contribution >= 4 is 5.91 Å². The Bertz CT molecular complexity index is 467. The van der Waals surface area contributed by atoms with Gasteiger partial charge in [0.25, 0.3) is 0 Å². The fourth-order valence-corrected chi connectivity index (χ4v) is 2.83. The van der Waals surface area contributed by atoms with Crippen LogP contribution in [0.15, 0.2) is 24.3 Å². The Morgan fingerprint density at radius 3 is 2.70 bits per heavy atom. The maximum Gasteiger partial charge on any atom is 0.230 e. The van der Waals surface area contributed by atoms with Crippen LogP contribution in [0.2, 0.25) is 0 Å². The van der Waals surface area contributed by atoms with Gasteiger partial charge in [0.15, 0.2) is 0 Å². The van der Waals surface area contributed by atoms with Crippen LogP contribution >= 0.6 is 0 Å². The molecular weight excluding hydrogens is 252 g/mol. The Morgan fingerprint density at radius 2 is 2.10 bits per heavy atom. The van der Waals surface area contributed by atoms with Gasteiger partial charge in [0.1, 0.15) is 0 Å². The third-order valence-corrected chi connectivity index (χ3v) is 4.14. The lowest BCUT2D eigenvalue weighted by molar-refractivity contribution is -0.146. The summed E-state index contributed by atoms with van der Waals surface area (Å²) in [5.74, 6) is 0.143. The predicted molar refractivity (Wildman–Crippen MR) is 79.2 cm³/mol. The topological polar surface area (TPSA) is 55.6 Å². The van der Waals surface area contributed by atoms with Gasteiger partial charge in [-0.15, -0.1) is 0 Å². The molecule has 0 unspecified atom stereocenters. The molecule has 1 aliphatic heterocycles. The number of carbonyl (C=O) groups excluding carboxylic acids is 1. The fourth-order valence-electron chi connectivity index (χ4n) is 2.83. The first-order valence-electron chi connectivity index (χ1n) is 7.16. The first kappa shape index (κ1) is 15.0. The number of hydrogen-bond acceptors (Lipinski definition) is 3. The number of nitrogens with two attached hydrogens (primary N) is 1. The molecule has 0 atom stereocenters. The molecule has 0 radical (unpaired) electrons. The second-order valence-corrected chi connectivity index (χ2v) is 5.75. The molecule has 1 aromatic carbocycles. The molecule has 1 aliphatic rings. The molecule has 0 aliphatic carbocycles. The highest BCUT2D eigenvalue weighted by Crippen LogP contribution is 2.31. The fraction of sp³-hybridized carbons (Fsp3) is 0.562. The van der Waals surface area contributed by atoms with E-state index < -0.39 is 5.41 Å². The monoisotopic (exact) mass is 276 g/mol. The Labute approximate surface area is 120 Å². The van der Waals surface area contributed by atoms with E-state index >= 15 is 0 Å². The van der Waals surface area contributed by atoms with Crippen molar-refractivity contribution < 1.29 is 9.53 Å². The van der Waals surface area contributed by atoms with Crippen LogP contribution in [0, 0.1) is 12.3 Å². The molecule has 1 heterocycles. The standard InChI is InChI=1S/C16H24N2O2/c1-13-4-3-5-14(10-13)11-18(2)15(19)16(12-17)6-8-20-9-7-16/h3-5,10H,6-9,11-12,17H2,1-2H3. The molecule has 0 saturated carbocycles. The summed E-state index contributed by atoms with van der Waals surface area (Å²) in [6.07, 6.45) is 1.45. The van der Waals surface area contributed by atoms with E-state index in [1.807, 2.05) is 13.1 Å². The second kappa shape index (κ2) is 6.37. The molecule has 1 fully saturated rings. The minimum Gasteiger partial charge on any atom is -0.381 e. The zero-order valence-electron chi connectivity index (χ0n) is 12.4. The van der Waals surface area contributed by atoms with Crippen LogP contribution in [0.4, 0.5) is 0 Å². The van der Waals surface area contributed by atoms with Crippen LogP contribution in [0.1, 0.15) is 24.0 Å². The molecule has 0 spiro atoms. The van der Waals surface area contributed by atoms with Crippen molar-refractivity contribution in [1.82, 2.24) is 4.90 Å². The van der Waals surface area contributed by atoms with Crippen molar-refractivity contribution in [2.45, 2.75) is 26.3 Å². The normalized spacial score (nSPS) is 17.8. The molecule has 4 nitrogen and oxygen atoms in total. The van der Waals surface area contributed by atoms with Crippen LogP contribution in [0.5, 0.6) is 0 Å². The third kappa shape index (κ3) is 3.19. The van der Waals surface area contributed by atoms with Crippen molar-refractivity contribution in [1.29, 1.82) is 0 Å². The second-order valence-electron chi connectivity index (χ2n) is 5.75. The number of hydrogen-bond donors (Lipinski definition) is 1. The Hall–Kier alpha value is -1.39. The molecule has 1 amide bonds. The Morgan fingerprint density at radius 1 is 1.40 bits per heavy atom. The lowest BCUT2D eigenvalue weighted by Gasteiger charge is -2.37. The summed E-state index contributed by atoms with van der Waals surface area (Å²) in [7, 11) is 1.86. The molecule has 20 heavy (non-hydrogen) atoms. The van der Waals surface area contributed by atoms with Crippen LogP contribution in [0.3, 0.4) is 0 Å². The van der Waals surface area contributed by atoms with Crippen LogP contribution < -0.4 is 5.73 Å². The van der Waals surface area contributed by atoms with Gasteiger partial charge >= 0.3 is 0 Å². The highest BCUT2D eigenvalue weighted by molar-refractivity contribution is 5.83. The predicted octanol–water partition coefficient (Wildman–Crippen LogP) is 1.71. The molecule has 110 valence electrons. The number of ether oxygens (including phenoxy) is 1. The molecule has 0 aromatic heterocycles. The number of benzene rings is 1. The van der Waals surface area contributed by atoms with E-state index in [9.17, 15) is 4.79 Å². The molecular formula is C16H24N2O2. The maximum atomic E-state index is 12.7. The molecule has 2 rings (SSSR count). The van der Waals surface area contributed by atoms with Crippen molar-refractivity contribution in [3.05, 3.63) is 35.4 Å². The Balaban J connectivity index is 2.07. The van der Waals surface area contributed by atoms with Crippen molar-refractivity contribution in [2.75, 3.05) is 26.8 Å². The van der Waals surface area contributed by atoms with Crippen LogP contribution in [0.25, 0.3) is 0 Å². The zero-order chi connectivity index (χ0) is 14.6. The van der Waals surface area contributed by atoms with Crippen molar-refractivity contribution in [2.24, 2.45) is 11.1 Å². The summed E-state index contributed by atoms with van der Waals surface area (Å²) in [5, 5.41) is 0. The van der Waals surface area contributed by atoms with Gasteiger partial charge in [-0.05, 0) is 25.3 Å². The van der Waals surface area contributed by atoms with Crippen molar-refractivity contribution in [3.63, 3.8) is 0 Å². The van der Waals surface area contributed by atoms with Crippen LogP contribution in [-0.2, 0) is 16.1 Å². The van der Waals surface area contributed by atoms with Gasteiger partial charge in [-0.3, -0.25) is 4.79 Å². The van der Waals surface area contributed by atoms with E-state index in [0.29, 0.717) is 26.3 Å². The summed E-state index contributed by atoms with van der Waals surface area (Å²) in [5.41, 5.74) is 7.82. The molecule has 2 N–H and O–H groups in total. The smallest absolute Gasteiger partial charge is 0.230 e. The summed E-state index contributed by atoms with van der Waals surface area (Å²) in [6.45, 7) is 4.34. The van der Waals surface area contributed by atoms with E-state index in [-0.39, 0.29) is 5.91 Å². The van der Waals surface area contributed by atoms with Crippen LogP contribution in [-0.4, -0.2) is 37.6 Å². The molecule has 0 bridgehead atoms. The first-order valence-corrected chi connectivity index (χ1v) is 7.16. The largest absolute Gasteiger partial charge is 0.381 e. The lowest BCUT2D eigenvalue weighted by atomic mass is 9.79. The first-order chi connectivity index (χ1) is 9.57. The molecule has 1 saturated heterocycles. The van der Waals surface area contributed by atoms with Gasteiger partial charge < -0.3 is 15.4 Å². The van der Waals surface area contributed by atoms with Gasteiger partial charge in [0.2, 0.25) is 5.91 Å². The Kier molecular flexibility index (Phi) is 4.78. The van der Waals surface area contributed by atoms with Gasteiger partial charge in [-0.1, -0.05) is 29.8 Å². The quantitative estimate of drug-likeness (QED) is 0.911. The number of amides is 1. The minimum atomic E-state index is -0.434. The maximum absolute atomic E-state index is 12.7. The van der Waals surface area contributed by atoms with Gasteiger partial charge in [0, 0.05) is 33.4 Å².